The molecule has 0 aromatic carbocycles. The van der Waals surface area contributed by atoms with Crippen molar-refractivity contribution in [2.75, 3.05) is 11.9 Å². The van der Waals surface area contributed by atoms with Gasteiger partial charge in [-0.1, -0.05) is 26.8 Å². The van der Waals surface area contributed by atoms with Gasteiger partial charge in [0.2, 0.25) is 0 Å². The lowest BCUT2D eigenvalue weighted by molar-refractivity contribution is 0.439. The molecule has 0 aliphatic carbocycles. The molecular weight excluding hydrogens is 198 g/mol. The van der Waals surface area contributed by atoms with Crippen LogP contribution in [-0.4, -0.2) is 15.9 Å². The van der Waals surface area contributed by atoms with Gasteiger partial charge >= 0.3 is 0 Å². The van der Waals surface area contributed by atoms with Gasteiger partial charge in [-0.2, -0.15) is 0 Å². The molecule has 2 aromatic rings. The third kappa shape index (κ3) is 2.18. The highest BCUT2D eigenvalue weighted by Gasteiger charge is 2.07. The summed E-state index contributed by atoms with van der Waals surface area (Å²) in [5.74, 6) is 2.48. The number of rotatable bonds is 4. The molecule has 3 nitrogen and oxygen atoms in total. The highest BCUT2D eigenvalue weighted by atomic mass is 15.1. The Kier molecular flexibility index (Phi) is 3.13. The minimum Gasteiger partial charge on any atom is -0.371 e. The van der Waals surface area contributed by atoms with E-state index in [0.717, 1.165) is 18.0 Å². The van der Waals surface area contributed by atoms with E-state index in [0.29, 0.717) is 11.8 Å². The zero-order valence-corrected chi connectivity index (χ0v) is 10.1. The van der Waals surface area contributed by atoms with Crippen LogP contribution < -0.4 is 5.32 Å². The number of fused-ring (bicyclic) bond motifs is 1. The smallest absolute Gasteiger partial charge is 0.138 e. The van der Waals surface area contributed by atoms with Crippen LogP contribution in [0.25, 0.3) is 5.65 Å². The largest absolute Gasteiger partial charge is 0.371 e. The molecule has 2 aromatic heterocycles. The molecule has 0 radical (unpaired) electrons. The standard InChI is InChI=1S/C13H19N3/c1-10(2)11(3)9-15-13-6-4-5-12-14-7-8-16(12)13/h4-8,10-11,15H,9H2,1-3H3. The Morgan fingerprint density at radius 1 is 1.31 bits per heavy atom. The summed E-state index contributed by atoms with van der Waals surface area (Å²) in [7, 11) is 0. The lowest BCUT2D eigenvalue weighted by Crippen LogP contribution is -2.17. The fraction of sp³-hybridized carbons (Fsp3) is 0.462. The van der Waals surface area contributed by atoms with Crippen molar-refractivity contribution in [3.05, 3.63) is 30.6 Å². The highest BCUT2D eigenvalue weighted by Crippen LogP contribution is 2.14. The predicted octanol–water partition coefficient (Wildman–Crippen LogP) is 3.04. The van der Waals surface area contributed by atoms with Crippen molar-refractivity contribution in [2.45, 2.75) is 20.8 Å². The lowest BCUT2D eigenvalue weighted by Gasteiger charge is -2.17. The van der Waals surface area contributed by atoms with Gasteiger partial charge in [-0.25, -0.2) is 4.98 Å². The molecule has 3 heteroatoms. The van der Waals surface area contributed by atoms with Crippen molar-refractivity contribution in [3.63, 3.8) is 0 Å². The molecular formula is C13H19N3. The van der Waals surface area contributed by atoms with Crippen LogP contribution in [-0.2, 0) is 0 Å². The molecule has 16 heavy (non-hydrogen) atoms. The van der Waals surface area contributed by atoms with Gasteiger partial charge < -0.3 is 5.32 Å². The molecule has 0 saturated heterocycles. The summed E-state index contributed by atoms with van der Waals surface area (Å²) in [5, 5.41) is 3.48. The summed E-state index contributed by atoms with van der Waals surface area (Å²) in [5.41, 5.74) is 0.988. The molecule has 0 fully saturated rings. The van der Waals surface area contributed by atoms with Crippen LogP contribution in [0.3, 0.4) is 0 Å². The van der Waals surface area contributed by atoms with Crippen LogP contribution in [0, 0.1) is 11.8 Å². The monoisotopic (exact) mass is 217 g/mol. The summed E-state index contributed by atoms with van der Waals surface area (Å²) in [6, 6.07) is 6.13. The number of hydrogen-bond acceptors (Lipinski definition) is 2. The van der Waals surface area contributed by atoms with Crippen LogP contribution in [0.5, 0.6) is 0 Å². The Labute approximate surface area is 96.5 Å². The Balaban J connectivity index is 2.12. The van der Waals surface area contributed by atoms with Gasteiger partial charge in [0.1, 0.15) is 11.5 Å². The first-order chi connectivity index (χ1) is 7.68. The lowest BCUT2D eigenvalue weighted by atomic mass is 9.98. The molecule has 1 atom stereocenters. The average Bonchev–Trinajstić information content (AvgIpc) is 2.73. The second-order valence-electron chi connectivity index (χ2n) is 4.67. The summed E-state index contributed by atoms with van der Waals surface area (Å²) < 4.78 is 2.08. The zero-order valence-electron chi connectivity index (χ0n) is 10.1. The van der Waals surface area contributed by atoms with E-state index < -0.39 is 0 Å². The van der Waals surface area contributed by atoms with Gasteiger partial charge in [0.05, 0.1) is 0 Å². The molecule has 2 heterocycles. The van der Waals surface area contributed by atoms with Crippen molar-refractivity contribution >= 4 is 11.5 Å². The van der Waals surface area contributed by atoms with Crippen molar-refractivity contribution in [1.29, 1.82) is 0 Å². The second kappa shape index (κ2) is 4.56. The molecule has 0 spiro atoms. The molecule has 1 unspecified atom stereocenters. The zero-order chi connectivity index (χ0) is 11.5. The molecule has 86 valence electrons. The van der Waals surface area contributed by atoms with Gasteiger partial charge in [0.25, 0.3) is 0 Å². The molecule has 0 bridgehead atoms. The van der Waals surface area contributed by atoms with Gasteiger partial charge in [-0.15, -0.1) is 0 Å². The van der Waals surface area contributed by atoms with Crippen LogP contribution in [0.2, 0.25) is 0 Å². The first-order valence-electron chi connectivity index (χ1n) is 5.84. The first-order valence-corrected chi connectivity index (χ1v) is 5.84. The molecule has 0 aliphatic heterocycles. The van der Waals surface area contributed by atoms with Gasteiger partial charge in [0.15, 0.2) is 0 Å². The molecule has 2 rings (SSSR count). The van der Waals surface area contributed by atoms with Gasteiger partial charge in [-0.3, -0.25) is 4.40 Å². The normalized spacial score (nSPS) is 13.2. The fourth-order valence-corrected chi connectivity index (χ4v) is 1.59. The maximum atomic E-state index is 4.26. The average molecular weight is 217 g/mol. The van der Waals surface area contributed by atoms with Crippen molar-refractivity contribution in [2.24, 2.45) is 11.8 Å². The molecule has 1 N–H and O–H groups in total. The Morgan fingerprint density at radius 2 is 2.12 bits per heavy atom. The summed E-state index contributed by atoms with van der Waals surface area (Å²) in [4.78, 5) is 4.26. The van der Waals surface area contributed by atoms with Crippen molar-refractivity contribution < 1.29 is 0 Å². The van der Waals surface area contributed by atoms with E-state index in [-0.39, 0.29) is 0 Å². The number of nitrogens with one attached hydrogen (secondary N) is 1. The summed E-state index contributed by atoms with van der Waals surface area (Å²) in [6.07, 6.45) is 3.81. The van der Waals surface area contributed by atoms with Crippen LogP contribution in [0.4, 0.5) is 5.82 Å². The first kappa shape index (κ1) is 11.0. The van der Waals surface area contributed by atoms with E-state index in [2.05, 4.69) is 41.5 Å². The van der Waals surface area contributed by atoms with Crippen molar-refractivity contribution in [3.8, 4) is 0 Å². The van der Waals surface area contributed by atoms with E-state index in [4.69, 9.17) is 0 Å². The number of anilines is 1. The number of nitrogens with zero attached hydrogens (tertiary/aromatic N) is 2. The Morgan fingerprint density at radius 3 is 2.88 bits per heavy atom. The number of aromatic nitrogens is 2. The third-order valence-electron chi connectivity index (χ3n) is 3.17. The van der Waals surface area contributed by atoms with Gasteiger partial charge in [-0.05, 0) is 24.0 Å². The number of hydrogen-bond donors (Lipinski definition) is 1. The van der Waals surface area contributed by atoms with E-state index in [1.807, 2.05) is 24.5 Å². The van der Waals surface area contributed by atoms with E-state index in [1.165, 1.54) is 0 Å². The Hall–Kier alpha value is -1.51. The molecule has 0 amide bonds. The van der Waals surface area contributed by atoms with Crippen LogP contribution >= 0.6 is 0 Å². The minimum atomic E-state index is 0.666. The fourth-order valence-electron chi connectivity index (χ4n) is 1.59. The van der Waals surface area contributed by atoms with Crippen molar-refractivity contribution in [1.82, 2.24) is 9.38 Å². The third-order valence-corrected chi connectivity index (χ3v) is 3.17. The Bertz CT molecular complexity index is 459. The maximum absolute atomic E-state index is 4.26. The molecule has 0 saturated carbocycles. The van der Waals surface area contributed by atoms with E-state index >= 15 is 0 Å². The second-order valence-corrected chi connectivity index (χ2v) is 4.67. The number of imidazole rings is 1. The van der Waals surface area contributed by atoms with Crippen LogP contribution in [0.15, 0.2) is 30.6 Å². The van der Waals surface area contributed by atoms with E-state index in [1.54, 1.807) is 0 Å². The van der Waals surface area contributed by atoms with Gasteiger partial charge in [0, 0.05) is 18.9 Å². The maximum Gasteiger partial charge on any atom is 0.138 e. The topological polar surface area (TPSA) is 29.3 Å². The van der Waals surface area contributed by atoms with Crippen LogP contribution in [0.1, 0.15) is 20.8 Å². The number of pyridine rings is 1. The SMILES string of the molecule is CC(C)C(C)CNc1cccc2nccn12. The minimum absolute atomic E-state index is 0.666. The quantitative estimate of drug-likeness (QED) is 0.853. The summed E-state index contributed by atoms with van der Waals surface area (Å²) >= 11 is 0. The highest BCUT2D eigenvalue weighted by molar-refractivity contribution is 5.49. The molecule has 0 aliphatic rings. The van der Waals surface area contributed by atoms with E-state index in [9.17, 15) is 0 Å². The summed E-state index contributed by atoms with van der Waals surface area (Å²) in [6.45, 7) is 7.77. The predicted molar refractivity (Wildman–Crippen MR) is 67.7 cm³/mol.